The van der Waals surface area contributed by atoms with Crippen molar-refractivity contribution >= 4 is 39.5 Å². The van der Waals surface area contributed by atoms with Crippen molar-refractivity contribution in [2.75, 3.05) is 13.2 Å². The van der Waals surface area contributed by atoms with Crippen LogP contribution in [0.2, 0.25) is 5.02 Å². The van der Waals surface area contributed by atoms with Crippen LogP contribution in [0.3, 0.4) is 0 Å². The largest absolute Gasteiger partial charge is 0.482 e. The number of carbonyl (C=O) groups excluding carboxylic acids is 2. The molecule has 98 valence electrons. The number of amides is 3. The molecule has 0 aromatic heterocycles. The Morgan fingerprint density at radius 1 is 1.44 bits per heavy atom. The van der Waals surface area contributed by atoms with Gasteiger partial charge >= 0.3 is 6.03 Å². The van der Waals surface area contributed by atoms with Crippen LogP contribution in [-0.4, -0.2) is 25.1 Å². The molecule has 1 aromatic carbocycles. The Morgan fingerprint density at radius 3 is 2.78 bits per heavy atom. The summed E-state index contributed by atoms with van der Waals surface area (Å²) in [7, 11) is 0. The molecule has 0 saturated heterocycles. The zero-order chi connectivity index (χ0) is 13.5. The molecular formula is C11H12BrClN2O3. The van der Waals surface area contributed by atoms with Crippen LogP contribution in [0.15, 0.2) is 22.7 Å². The molecule has 0 heterocycles. The molecule has 0 fully saturated rings. The third-order valence-electron chi connectivity index (χ3n) is 1.84. The minimum absolute atomic E-state index is 0.279. The van der Waals surface area contributed by atoms with Gasteiger partial charge in [-0.15, -0.1) is 0 Å². The number of imide groups is 1. The number of ether oxygens (including phenoxy) is 1. The van der Waals surface area contributed by atoms with Gasteiger partial charge in [0.15, 0.2) is 6.61 Å². The molecule has 0 bridgehead atoms. The molecule has 3 amide bonds. The lowest BCUT2D eigenvalue weighted by atomic mass is 10.3. The molecule has 7 heteroatoms. The standard InChI is InChI=1S/C11H12BrClN2O3/c1-2-14-11(17)15-10(16)6-18-9-4-3-7(12)5-8(9)13/h3-5H,2,6H2,1H3,(H2,14,15,16,17). The van der Waals surface area contributed by atoms with Crippen molar-refractivity contribution in [3.63, 3.8) is 0 Å². The molecule has 1 rings (SSSR count). The van der Waals surface area contributed by atoms with Gasteiger partial charge in [-0.1, -0.05) is 27.5 Å². The van der Waals surface area contributed by atoms with Gasteiger partial charge in [0.25, 0.3) is 5.91 Å². The van der Waals surface area contributed by atoms with E-state index in [9.17, 15) is 9.59 Å². The van der Waals surface area contributed by atoms with Crippen LogP contribution >= 0.6 is 27.5 Å². The van der Waals surface area contributed by atoms with E-state index in [2.05, 4.69) is 26.6 Å². The maximum Gasteiger partial charge on any atom is 0.321 e. The van der Waals surface area contributed by atoms with Gasteiger partial charge in [-0.25, -0.2) is 4.79 Å². The first-order chi connectivity index (χ1) is 8.52. The smallest absolute Gasteiger partial charge is 0.321 e. The number of benzene rings is 1. The molecule has 0 unspecified atom stereocenters. The topological polar surface area (TPSA) is 67.4 Å². The summed E-state index contributed by atoms with van der Waals surface area (Å²) in [5.74, 6) is -0.161. The normalized spacial score (nSPS) is 9.72. The second-order valence-corrected chi connectivity index (χ2v) is 4.59. The molecule has 0 radical (unpaired) electrons. The summed E-state index contributed by atoms with van der Waals surface area (Å²) in [6, 6.07) is 4.47. The molecule has 5 nitrogen and oxygen atoms in total. The second kappa shape index (κ2) is 7.23. The number of carbonyl (C=O) groups is 2. The zero-order valence-electron chi connectivity index (χ0n) is 9.63. The zero-order valence-corrected chi connectivity index (χ0v) is 12.0. The monoisotopic (exact) mass is 334 g/mol. The van der Waals surface area contributed by atoms with Gasteiger partial charge in [0.05, 0.1) is 5.02 Å². The van der Waals surface area contributed by atoms with E-state index in [1.54, 1.807) is 25.1 Å². The van der Waals surface area contributed by atoms with E-state index < -0.39 is 11.9 Å². The minimum atomic E-state index is -0.548. The van der Waals surface area contributed by atoms with Crippen LogP contribution in [0.4, 0.5) is 4.79 Å². The van der Waals surface area contributed by atoms with Gasteiger partial charge in [-0.3, -0.25) is 10.1 Å². The first kappa shape index (κ1) is 14.8. The summed E-state index contributed by atoms with van der Waals surface area (Å²) in [5, 5.41) is 4.93. The number of halogens is 2. The molecule has 0 spiro atoms. The van der Waals surface area contributed by atoms with E-state index in [0.29, 0.717) is 17.3 Å². The van der Waals surface area contributed by atoms with E-state index in [1.165, 1.54) is 0 Å². The number of hydrogen-bond donors (Lipinski definition) is 2. The fourth-order valence-corrected chi connectivity index (χ4v) is 1.83. The van der Waals surface area contributed by atoms with E-state index in [4.69, 9.17) is 16.3 Å². The summed E-state index contributed by atoms with van der Waals surface area (Å²) < 4.78 is 6.00. The van der Waals surface area contributed by atoms with Gasteiger partial charge in [0.1, 0.15) is 5.75 Å². The number of rotatable bonds is 4. The van der Waals surface area contributed by atoms with E-state index in [-0.39, 0.29) is 6.61 Å². The lowest BCUT2D eigenvalue weighted by molar-refractivity contribution is -0.122. The van der Waals surface area contributed by atoms with Crippen LogP contribution < -0.4 is 15.4 Å². The fourth-order valence-electron chi connectivity index (χ4n) is 1.10. The molecule has 0 aliphatic rings. The third-order valence-corrected chi connectivity index (χ3v) is 2.63. The van der Waals surface area contributed by atoms with Crippen LogP contribution in [-0.2, 0) is 4.79 Å². The number of hydrogen-bond acceptors (Lipinski definition) is 3. The molecule has 18 heavy (non-hydrogen) atoms. The molecular weight excluding hydrogens is 323 g/mol. The summed E-state index contributed by atoms with van der Waals surface area (Å²) >= 11 is 9.16. The molecule has 0 saturated carbocycles. The van der Waals surface area contributed by atoms with Gasteiger partial charge in [-0.05, 0) is 25.1 Å². The maximum atomic E-state index is 11.3. The summed E-state index contributed by atoms with van der Waals surface area (Å²) in [4.78, 5) is 22.4. The number of nitrogens with one attached hydrogen (secondary N) is 2. The Kier molecular flexibility index (Phi) is 5.94. The summed E-state index contributed by atoms with van der Waals surface area (Å²) in [6.45, 7) is 1.92. The predicted octanol–water partition coefficient (Wildman–Crippen LogP) is 2.33. The van der Waals surface area contributed by atoms with Gasteiger partial charge in [-0.2, -0.15) is 0 Å². The Morgan fingerprint density at radius 2 is 2.17 bits per heavy atom. The molecule has 1 aromatic rings. The summed E-state index contributed by atoms with van der Waals surface area (Å²) in [6.07, 6.45) is 0. The van der Waals surface area contributed by atoms with Crippen molar-refractivity contribution in [2.45, 2.75) is 6.92 Å². The average Bonchev–Trinajstić information content (AvgIpc) is 2.28. The van der Waals surface area contributed by atoms with E-state index >= 15 is 0 Å². The van der Waals surface area contributed by atoms with Crippen LogP contribution in [0.5, 0.6) is 5.75 Å². The van der Waals surface area contributed by atoms with Crippen molar-refractivity contribution in [1.82, 2.24) is 10.6 Å². The van der Waals surface area contributed by atoms with Gasteiger partial charge < -0.3 is 10.1 Å². The summed E-state index contributed by atoms with van der Waals surface area (Å²) in [5.41, 5.74) is 0. The predicted molar refractivity (Wildman–Crippen MR) is 71.9 cm³/mol. The average molecular weight is 336 g/mol. The van der Waals surface area contributed by atoms with Crippen molar-refractivity contribution in [2.24, 2.45) is 0 Å². The molecule has 0 aliphatic carbocycles. The molecule has 2 N–H and O–H groups in total. The lowest BCUT2D eigenvalue weighted by Gasteiger charge is -2.08. The van der Waals surface area contributed by atoms with Crippen LogP contribution in [0.25, 0.3) is 0 Å². The van der Waals surface area contributed by atoms with Crippen molar-refractivity contribution in [3.8, 4) is 5.75 Å². The van der Waals surface area contributed by atoms with Crippen LogP contribution in [0.1, 0.15) is 6.92 Å². The first-order valence-corrected chi connectivity index (χ1v) is 6.35. The Balaban J connectivity index is 2.45. The third kappa shape index (κ3) is 4.93. The Hall–Kier alpha value is -1.27. The Labute approximate surface area is 118 Å². The van der Waals surface area contributed by atoms with Crippen molar-refractivity contribution in [3.05, 3.63) is 27.7 Å². The van der Waals surface area contributed by atoms with Crippen molar-refractivity contribution < 1.29 is 14.3 Å². The lowest BCUT2D eigenvalue weighted by Crippen LogP contribution is -2.41. The maximum absolute atomic E-state index is 11.3. The highest BCUT2D eigenvalue weighted by Crippen LogP contribution is 2.27. The molecule has 0 atom stereocenters. The minimum Gasteiger partial charge on any atom is -0.482 e. The highest BCUT2D eigenvalue weighted by atomic mass is 79.9. The van der Waals surface area contributed by atoms with E-state index in [1.807, 2.05) is 0 Å². The second-order valence-electron chi connectivity index (χ2n) is 3.27. The highest BCUT2D eigenvalue weighted by Gasteiger charge is 2.09. The molecule has 0 aliphatic heterocycles. The Bertz CT molecular complexity index is 454. The van der Waals surface area contributed by atoms with Crippen molar-refractivity contribution in [1.29, 1.82) is 0 Å². The quantitative estimate of drug-likeness (QED) is 0.887. The highest BCUT2D eigenvalue weighted by molar-refractivity contribution is 9.10. The van der Waals surface area contributed by atoms with Gasteiger partial charge in [0.2, 0.25) is 0 Å². The van der Waals surface area contributed by atoms with E-state index in [0.717, 1.165) is 4.47 Å². The van der Waals surface area contributed by atoms with Gasteiger partial charge in [0, 0.05) is 11.0 Å². The first-order valence-electron chi connectivity index (χ1n) is 5.18. The number of urea groups is 1. The fraction of sp³-hybridized carbons (Fsp3) is 0.273. The van der Waals surface area contributed by atoms with Crippen LogP contribution in [0, 0.1) is 0 Å². The SMILES string of the molecule is CCNC(=O)NC(=O)COc1ccc(Br)cc1Cl.